The fraction of sp³-hybridized carbons (Fsp3) is 0.438. The van der Waals surface area contributed by atoms with Crippen molar-refractivity contribution in [2.45, 2.75) is 31.6 Å². The molecule has 1 rings (SSSR count). The first-order chi connectivity index (χ1) is 9.06. The van der Waals surface area contributed by atoms with Gasteiger partial charge in [0.05, 0.1) is 5.92 Å². The molecule has 0 aromatic heterocycles. The van der Waals surface area contributed by atoms with Crippen LogP contribution < -0.4 is 0 Å². The van der Waals surface area contributed by atoms with E-state index in [-0.39, 0.29) is 17.6 Å². The molecular formula is C16H23NO2. The molecule has 0 saturated carbocycles. The van der Waals surface area contributed by atoms with E-state index in [9.17, 15) is 9.90 Å². The molecule has 3 nitrogen and oxygen atoms in total. The van der Waals surface area contributed by atoms with E-state index in [0.717, 1.165) is 31.2 Å². The zero-order chi connectivity index (χ0) is 14.3. The molecule has 0 aliphatic rings. The molecule has 0 spiro atoms. The second-order valence-corrected chi connectivity index (χ2v) is 4.95. The van der Waals surface area contributed by atoms with E-state index in [0.29, 0.717) is 0 Å². The predicted molar refractivity (Wildman–Crippen MR) is 78.2 cm³/mol. The molecule has 19 heavy (non-hydrogen) atoms. The molecule has 0 bridgehead atoms. The highest BCUT2D eigenvalue weighted by atomic mass is 16.3. The summed E-state index contributed by atoms with van der Waals surface area (Å²) in [7, 11) is 3.55. The number of likely N-dealkylation sites (N-methyl/N-ethyl adjacent to an activating group) is 1. The molecule has 0 fully saturated rings. The number of unbranched alkanes of at least 4 members (excludes halogenated alkanes) is 2. The van der Waals surface area contributed by atoms with Crippen LogP contribution in [-0.4, -0.2) is 30.0 Å². The minimum absolute atomic E-state index is 0.115. The highest BCUT2D eigenvalue weighted by Gasteiger charge is 2.21. The molecule has 1 unspecified atom stereocenters. The number of aromatic hydroxyl groups is 1. The van der Waals surface area contributed by atoms with Gasteiger partial charge in [-0.15, -0.1) is 6.58 Å². The number of amides is 1. The average Bonchev–Trinajstić information content (AvgIpc) is 2.39. The fourth-order valence-electron chi connectivity index (χ4n) is 2.09. The number of carbonyl (C=O) groups excluding carboxylic acids is 1. The Hall–Kier alpha value is -1.77. The highest BCUT2D eigenvalue weighted by molar-refractivity contribution is 5.83. The van der Waals surface area contributed by atoms with Gasteiger partial charge in [-0.2, -0.15) is 0 Å². The van der Waals surface area contributed by atoms with Crippen molar-refractivity contribution < 1.29 is 9.90 Å². The van der Waals surface area contributed by atoms with Crippen molar-refractivity contribution in [1.29, 1.82) is 0 Å². The van der Waals surface area contributed by atoms with Crippen LogP contribution in [0.25, 0.3) is 0 Å². The molecular weight excluding hydrogens is 238 g/mol. The van der Waals surface area contributed by atoms with Crippen molar-refractivity contribution >= 4 is 5.91 Å². The van der Waals surface area contributed by atoms with E-state index >= 15 is 0 Å². The molecule has 3 heteroatoms. The van der Waals surface area contributed by atoms with Crippen LogP contribution in [0.1, 0.15) is 37.2 Å². The Bertz CT molecular complexity index is 409. The summed E-state index contributed by atoms with van der Waals surface area (Å²) >= 11 is 0. The first-order valence-corrected chi connectivity index (χ1v) is 6.67. The van der Waals surface area contributed by atoms with Gasteiger partial charge < -0.3 is 10.0 Å². The Morgan fingerprint density at radius 3 is 2.47 bits per heavy atom. The largest absolute Gasteiger partial charge is 0.508 e. The molecule has 1 aromatic carbocycles. The summed E-state index contributed by atoms with van der Waals surface area (Å²) in [6, 6.07) is 6.92. The Kier molecular flexibility index (Phi) is 6.13. The number of phenols is 1. The third-order valence-electron chi connectivity index (χ3n) is 3.19. The number of allylic oxidation sites excluding steroid dienone is 1. The smallest absolute Gasteiger partial charge is 0.229 e. The maximum absolute atomic E-state index is 12.2. The van der Waals surface area contributed by atoms with Crippen molar-refractivity contribution in [3.05, 3.63) is 42.5 Å². The summed E-state index contributed by atoms with van der Waals surface area (Å²) < 4.78 is 0. The fourth-order valence-corrected chi connectivity index (χ4v) is 2.09. The molecule has 0 heterocycles. The summed E-state index contributed by atoms with van der Waals surface area (Å²) in [5.41, 5.74) is 0.968. The summed E-state index contributed by atoms with van der Waals surface area (Å²) in [5.74, 6) is 0.219. The second kappa shape index (κ2) is 7.62. The maximum Gasteiger partial charge on any atom is 0.229 e. The predicted octanol–water partition coefficient (Wildman–Crippen LogP) is 3.31. The lowest BCUT2D eigenvalue weighted by molar-refractivity contribution is -0.130. The lowest BCUT2D eigenvalue weighted by Crippen LogP contribution is -2.28. The molecule has 1 atom stereocenters. The number of hydrogen-bond donors (Lipinski definition) is 1. The number of nitrogens with zero attached hydrogens (tertiary/aromatic N) is 1. The topological polar surface area (TPSA) is 40.5 Å². The van der Waals surface area contributed by atoms with E-state index < -0.39 is 0 Å². The van der Waals surface area contributed by atoms with Gasteiger partial charge in [-0.3, -0.25) is 4.79 Å². The number of carbonyl (C=O) groups is 1. The Morgan fingerprint density at radius 2 is 1.95 bits per heavy atom. The van der Waals surface area contributed by atoms with E-state index in [1.807, 2.05) is 18.2 Å². The van der Waals surface area contributed by atoms with Crippen LogP contribution in [0.15, 0.2) is 36.9 Å². The Balaban J connectivity index is 2.76. The summed E-state index contributed by atoms with van der Waals surface area (Å²) in [5, 5.41) is 9.33. The van der Waals surface area contributed by atoms with Gasteiger partial charge in [-0.25, -0.2) is 0 Å². The lowest BCUT2D eigenvalue weighted by atomic mass is 9.92. The molecule has 0 aliphatic carbocycles. The number of benzene rings is 1. The summed E-state index contributed by atoms with van der Waals surface area (Å²) in [4.78, 5) is 13.9. The molecule has 0 radical (unpaired) electrons. The Labute approximate surface area is 115 Å². The highest BCUT2D eigenvalue weighted by Crippen LogP contribution is 2.26. The van der Waals surface area contributed by atoms with E-state index in [1.165, 1.54) is 0 Å². The Morgan fingerprint density at radius 1 is 1.32 bits per heavy atom. The van der Waals surface area contributed by atoms with Crippen molar-refractivity contribution in [2.24, 2.45) is 0 Å². The van der Waals surface area contributed by atoms with E-state index in [1.54, 1.807) is 31.1 Å². The molecule has 104 valence electrons. The van der Waals surface area contributed by atoms with Crippen LogP contribution in [0, 0.1) is 0 Å². The lowest BCUT2D eigenvalue weighted by Gasteiger charge is -2.21. The normalized spacial score (nSPS) is 11.9. The van der Waals surface area contributed by atoms with Gasteiger partial charge in [-0.05, 0) is 37.0 Å². The first-order valence-electron chi connectivity index (χ1n) is 6.67. The summed E-state index contributed by atoms with van der Waals surface area (Å²) in [6.07, 6.45) is 5.77. The van der Waals surface area contributed by atoms with Crippen molar-refractivity contribution in [3.63, 3.8) is 0 Å². The zero-order valence-corrected chi connectivity index (χ0v) is 11.8. The number of phenolic OH excluding ortho intramolecular Hbond substituents is 1. The molecule has 1 aromatic rings. The first kappa shape index (κ1) is 15.3. The van der Waals surface area contributed by atoms with Crippen LogP contribution >= 0.6 is 0 Å². The van der Waals surface area contributed by atoms with Crippen LogP contribution in [0.5, 0.6) is 5.75 Å². The molecule has 0 saturated heterocycles. The number of hydrogen-bond acceptors (Lipinski definition) is 2. The van der Waals surface area contributed by atoms with Gasteiger partial charge in [0, 0.05) is 14.1 Å². The van der Waals surface area contributed by atoms with Gasteiger partial charge in [0.25, 0.3) is 0 Å². The van der Waals surface area contributed by atoms with Crippen LogP contribution in [0.2, 0.25) is 0 Å². The molecule has 1 amide bonds. The molecule has 0 aliphatic heterocycles. The van der Waals surface area contributed by atoms with E-state index in [4.69, 9.17) is 0 Å². The quantitative estimate of drug-likeness (QED) is 0.604. The zero-order valence-electron chi connectivity index (χ0n) is 11.8. The van der Waals surface area contributed by atoms with Crippen LogP contribution in [-0.2, 0) is 4.79 Å². The van der Waals surface area contributed by atoms with Gasteiger partial charge in [0.2, 0.25) is 5.91 Å². The maximum atomic E-state index is 12.2. The summed E-state index contributed by atoms with van der Waals surface area (Å²) in [6.45, 7) is 3.71. The monoisotopic (exact) mass is 261 g/mol. The van der Waals surface area contributed by atoms with Crippen molar-refractivity contribution in [3.8, 4) is 5.75 Å². The SMILES string of the molecule is C=CCCCCC(C(=O)N(C)C)c1ccc(O)cc1. The van der Waals surface area contributed by atoms with Crippen LogP contribution in [0.3, 0.4) is 0 Å². The second-order valence-electron chi connectivity index (χ2n) is 4.95. The van der Waals surface area contributed by atoms with Gasteiger partial charge in [0.1, 0.15) is 5.75 Å². The standard InChI is InChI=1S/C16H23NO2/c1-4-5-6-7-8-15(16(19)17(2)3)13-9-11-14(18)12-10-13/h4,9-12,15,18H,1,5-8H2,2-3H3. The minimum Gasteiger partial charge on any atom is -0.508 e. The van der Waals surface area contributed by atoms with Crippen molar-refractivity contribution in [2.75, 3.05) is 14.1 Å². The number of rotatable bonds is 7. The minimum atomic E-state index is -0.125. The third kappa shape index (κ3) is 4.78. The van der Waals surface area contributed by atoms with E-state index in [2.05, 4.69) is 6.58 Å². The molecule has 1 N–H and O–H groups in total. The van der Waals surface area contributed by atoms with Crippen molar-refractivity contribution in [1.82, 2.24) is 4.90 Å². The average molecular weight is 261 g/mol. The van der Waals surface area contributed by atoms with Gasteiger partial charge in [-0.1, -0.05) is 24.6 Å². The van der Waals surface area contributed by atoms with Crippen LogP contribution in [0.4, 0.5) is 0 Å². The third-order valence-corrected chi connectivity index (χ3v) is 3.19. The van der Waals surface area contributed by atoms with Gasteiger partial charge >= 0.3 is 0 Å². The van der Waals surface area contributed by atoms with Gasteiger partial charge in [0.15, 0.2) is 0 Å².